The average molecular weight is 207 g/mol. The molecule has 2 rings (SSSR count). The summed E-state index contributed by atoms with van der Waals surface area (Å²) in [4.78, 5) is 11.1. The molecule has 0 radical (unpaired) electrons. The highest BCUT2D eigenvalue weighted by Gasteiger charge is 2.40. The molecule has 0 bridgehead atoms. The third-order valence-corrected chi connectivity index (χ3v) is 2.75. The molecule has 15 heavy (non-hydrogen) atoms. The van der Waals surface area contributed by atoms with E-state index in [1.165, 1.54) is 0 Å². The fourth-order valence-electron chi connectivity index (χ4n) is 1.87. The van der Waals surface area contributed by atoms with Gasteiger partial charge in [0, 0.05) is 6.42 Å². The minimum absolute atomic E-state index is 0.481. The minimum Gasteiger partial charge on any atom is -0.495 e. The summed E-state index contributed by atoms with van der Waals surface area (Å²) in [7, 11) is 1.58. The van der Waals surface area contributed by atoms with Crippen molar-refractivity contribution in [1.29, 1.82) is 0 Å². The number of benzene rings is 1. The van der Waals surface area contributed by atoms with Gasteiger partial charge >= 0.3 is 5.97 Å². The molecule has 0 saturated carbocycles. The zero-order chi connectivity index (χ0) is 11.1. The number of hydrogen-bond donors (Lipinski definition) is 2. The van der Waals surface area contributed by atoms with Crippen LogP contribution in [0.15, 0.2) is 18.2 Å². The molecule has 4 nitrogen and oxygen atoms in total. The van der Waals surface area contributed by atoms with Crippen molar-refractivity contribution in [3.8, 4) is 5.75 Å². The lowest BCUT2D eigenvalue weighted by molar-refractivity contribution is -0.141. The molecule has 0 fully saturated rings. The van der Waals surface area contributed by atoms with Gasteiger partial charge in [-0.05, 0) is 18.6 Å². The third-order valence-electron chi connectivity index (χ3n) is 2.75. The van der Waals surface area contributed by atoms with Gasteiger partial charge in [0.1, 0.15) is 11.3 Å². The molecule has 0 amide bonds. The van der Waals surface area contributed by atoms with Crippen LogP contribution in [0.1, 0.15) is 12.5 Å². The van der Waals surface area contributed by atoms with Gasteiger partial charge < -0.3 is 15.2 Å². The molecule has 1 heterocycles. The molecule has 1 aromatic rings. The van der Waals surface area contributed by atoms with Crippen molar-refractivity contribution in [2.75, 3.05) is 12.4 Å². The molecule has 1 aliphatic heterocycles. The number of aliphatic carboxylic acids is 1. The molecule has 0 spiro atoms. The molecular formula is C11H13NO3. The third kappa shape index (κ3) is 1.42. The Labute approximate surface area is 87.9 Å². The standard InChI is InChI=1S/C11H13NO3/c1-11(10(13)14)6-7-4-3-5-8(15-2)9(7)12-11/h3-5,12H,6H2,1-2H3,(H,13,14). The van der Waals surface area contributed by atoms with E-state index in [-0.39, 0.29) is 0 Å². The van der Waals surface area contributed by atoms with Gasteiger partial charge in [-0.3, -0.25) is 0 Å². The number of nitrogens with one attached hydrogen (secondary N) is 1. The number of hydrogen-bond acceptors (Lipinski definition) is 3. The first-order valence-electron chi connectivity index (χ1n) is 4.74. The molecular weight excluding hydrogens is 194 g/mol. The maximum atomic E-state index is 11.1. The van der Waals surface area contributed by atoms with Crippen molar-refractivity contribution in [3.05, 3.63) is 23.8 Å². The lowest BCUT2D eigenvalue weighted by atomic mass is 9.98. The lowest BCUT2D eigenvalue weighted by Crippen LogP contribution is -2.41. The van der Waals surface area contributed by atoms with Crippen LogP contribution in [-0.2, 0) is 11.2 Å². The van der Waals surface area contributed by atoms with Crippen LogP contribution in [0.4, 0.5) is 5.69 Å². The first kappa shape index (κ1) is 9.83. The Morgan fingerprint density at radius 3 is 2.93 bits per heavy atom. The molecule has 80 valence electrons. The fraction of sp³-hybridized carbons (Fsp3) is 0.364. The van der Waals surface area contributed by atoms with Crippen LogP contribution in [0, 0.1) is 0 Å². The van der Waals surface area contributed by atoms with E-state index < -0.39 is 11.5 Å². The van der Waals surface area contributed by atoms with Crippen molar-refractivity contribution in [2.45, 2.75) is 18.9 Å². The number of rotatable bonds is 2. The summed E-state index contributed by atoms with van der Waals surface area (Å²) in [6, 6.07) is 5.60. The smallest absolute Gasteiger partial charge is 0.329 e. The van der Waals surface area contributed by atoms with Gasteiger partial charge in [-0.2, -0.15) is 0 Å². The summed E-state index contributed by atoms with van der Waals surface area (Å²) in [5.41, 5.74) is 0.862. The molecule has 1 atom stereocenters. The van der Waals surface area contributed by atoms with E-state index in [2.05, 4.69) is 5.32 Å². The number of carbonyl (C=O) groups is 1. The van der Waals surface area contributed by atoms with Gasteiger partial charge in [0.05, 0.1) is 12.8 Å². The first-order chi connectivity index (χ1) is 7.07. The molecule has 0 saturated heterocycles. The average Bonchev–Trinajstić information content (AvgIpc) is 2.55. The highest BCUT2D eigenvalue weighted by molar-refractivity contribution is 5.87. The van der Waals surface area contributed by atoms with Crippen molar-refractivity contribution in [1.82, 2.24) is 0 Å². The van der Waals surface area contributed by atoms with E-state index in [9.17, 15) is 4.79 Å². The minimum atomic E-state index is -0.920. The largest absolute Gasteiger partial charge is 0.495 e. The highest BCUT2D eigenvalue weighted by Crippen LogP contribution is 2.38. The lowest BCUT2D eigenvalue weighted by Gasteiger charge is -2.19. The van der Waals surface area contributed by atoms with Gasteiger partial charge in [0.2, 0.25) is 0 Å². The fourth-order valence-corrected chi connectivity index (χ4v) is 1.87. The summed E-state index contributed by atoms with van der Waals surface area (Å²) in [5, 5.41) is 12.1. The summed E-state index contributed by atoms with van der Waals surface area (Å²) in [5.74, 6) is -0.154. The Morgan fingerprint density at radius 1 is 1.60 bits per heavy atom. The number of carboxylic acid groups (broad SMARTS) is 1. The molecule has 2 N–H and O–H groups in total. The molecule has 0 aliphatic carbocycles. The van der Waals surface area contributed by atoms with Crippen LogP contribution in [0.5, 0.6) is 5.75 Å². The molecule has 4 heteroatoms. The second-order valence-electron chi connectivity index (χ2n) is 3.93. The molecule has 0 aromatic heterocycles. The Hall–Kier alpha value is -1.71. The first-order valence-corrected chi connectivity index (χ1v) is 4.74. The zero-order valence-corrected chi connectivity index (χ0v) is 8.70. The van der Waals surface area contributed by atoms with Gasteiger partial charge in [0.15, 0.2) is 0 Å². The number of para-hydroxylation sites is 1. The van der Waals surface area contributed by atoms with Crippen molar-refractivity contribution < 1.29 is 14.6 Å². The quantitative estimate of drug-likeness (QED) is 0.771. The van der Waals surface area contributed by atoms with Crippen molar-refractivity contribution >= 4 is 11.7 Å². The Balaban J connectivity index is 2.42. The van der Waals surface area contributed by atoms with Crippen LogP contribution in [0.2, 0.25) is 0 Å². The van der Waals surface area contributed by atoms with Gasteiger partial charge in [-0.15, -0.1) is 0 Å². The summed E-state index contributed by atoms with van der Waals surface area (Å²) in [6.45, 7) is 1.68. The van der Waals surface area contributed by atoms with Gasteiger partial charge in [0.25, 0.3) is 0 Å². The molecule has 1 unspecified atom stereocenters. The molecule has 1 aromatic carbocycles. The van der Waals surface area contributed by atoms with E-state index >= 15 is 0 Å². The Kier molecular flexibility index (Phi) is 2.07. The monoisotopic (exact) mass is 207 g/mol. The van der Waals surface area contributed by atoms with Crippen LogP contribution < -0.4 is 10.1 Å². The Morgan fingerprint density at radius 2 is 2.33 bits per heavy atom. The normalized spacial score (nSPS) is 23.1. The summed E-state index contributed by atoms with van der Waals surface area (Å²) in [6.07, 6.45) is 0.481. The predicted molar refractivity (Wildman–Crippen MR) is 56.4 cm³/mol. The maximum Gasteiger partial charge on any atom is 0.329 e. The number of fused-ring (bicyclic) bond motifs is 1. The number of anilines is 1. The number of ether oxygens (including phenoxy) is 1. The number of carboxylic acids is 1. The van der Waals surface area contributed by atoms with Gasteiger partial charge in [-0.25, -0.2) is 4.79 Å². The van der Waals surface area contributed by atoms with Crippen LogP contribution in [-0.4, -0.2) is 23.7 Å². The van der Waals surface area contributed by atoms with E-state index in [4.69, 9.17) is 9.84 Å². The second-order valence-corrected chi connectivity index (χ2v) is 3.93. The van der Waals surface area contributed by atoms with Crippen LogP contribution in [0.3, 0.4) is 0 Å². The number of methoxy groups -OCH3 is 1. The van der Waals surface area contributed by atoms with Crippen LogP contribution in [0.25, 0.3) is 0 Å². The zero-order valence-electron chi connectivity index (χ0n) is 8.70. The second kappa shape index (κ2) is 3.15. The predicted octanol–water partition coefficient (Wildman–Crippen LogP) is 1.51. The highest BCUT2D eigenvalue weighted by atomic mass is 16.5. The molecule has 1 aliphatic rings. The van der Waals surface area contributed by atoms with Gasteiger partial charge in [-0.1, -0.05) is 12.1 Å². The maximum absolute atomic E-state index is 11.1. The topological polar surface area (TPSA) is 58.6 Å². The van der Waals surface area contributed by atoms with E-state index in [0.29, 0.717) is 12.2 Å². The summed E-state index contributed by atoms with van der Waals surface area (Å²) >= 11 is 0. The SMILES string of the molecule is COc1cccc2c1NC(C)(C(=O)O)C2. The van der Waals surface area contributed by atoms with Crippen LogP contribution >= 0.6 is 0 Å². The van der Waals surface area contributed by atoms with Crippen molar-refractivity contribution in [2.24, 2.45) is 0 Å². The van der Waals surface area contributed by atoms with Crippen molar-refractivity contribution in [3.63, 3.8) is 0 Å². The summed E-state index contributed by atoms with van der Waals surface area (Å²) < 4.78 is 5.17. The van der Waals surface area contributed by atoms with E-state index in [1.807, 2.05) is 18.2 Å². The Bertz CT molecular complexity index is 416. The van der Waals surface area contributed by atoms with E-state index in [0.717, 1.165) is 11.3 Å². The van der Waals surface area contributed by atoms with E-state index in [1.54, 1.807) is 14.0 Å².